The van der Waals surface area contributed by atoms with E-state index in [0.29, 0.717) is 6.04 Å². The summed E-state index contributed by atoms with van der Waals surface area (Å²) in [4.78, 5) is 0. The summed E-state index contributed by atoms with van der Waals surface area (Å²) in [6, 6.07) is 8.53. The molecule has 0 radical (unpaired) electrons. The van der Waals surface area contributed by atoms with Crippen LogP contribution in [0, 0.1) is 0 Å². The van der Waals surface area contributed by atoms with Crippen molar-refractivity contribution in [2.24, 2.45) is 0 Å². The maximum atomic E-state index is 5.21. The van der Waals surface area contributed by atoms with Gasteiger partial charge in [-0.2, -0.15) is 5.10 Å². The Labute approximate surface area is 119 Å². The molecule has 1 aliphatic carbocycles. The number of nitrogens with one attached hydrogen (secondary N) is 1. The number of hydrogen-bond donors (Lipinski definition) is 1. The second kappa shape index (κ2) is 5.67. The van der Waals surface area contributed by atoms with Gasteiger partial charge in [0.05, 0.1) is 19.0 Å². The molecule has 0 spiro atoms. The largest absolute Gasteiger partial charge is 0.497 e. The minimum atomic E-state index is 0.454. The van der Waals surface area contributed by atoms with Gasteiger partial charge in [-0.25, -0.2) is 4.68 Å². The first kappa shape index (κ1) is 13.2. The summed E-state index contributed by atoms with van der Waals surface area (Å²) in [5, 5.41) is 8.14. The van der Waals surface area contributed by atoms with E-state index in [9.17, 15) is 0 Å². The summed E-state index contributed by atoms with van der Waals surface area (Å²) < 4.78 is 7.28. The summed E-state index contributed by atoms with van der Waals surface area (Å²) >= 11 is 0. The van der Waals surface area contributed by atoms with E-state index in [0.717, 1.165) is 24.4 Å². The Kier molecular flexibility index (Phi) is 3.74. The van der Waals surface area contributed by atoms with Crippen molar-refractivity contribution in [3.05, 3.63) is 41.7 Å². The third-order valence-corrected chi connectivity index (χ3v) is 3.95. The SMILES string of the molecule is CCNC1CCCc2c1cnn2-c1ccc(OC)cc1. The van der Waals surface area contributed by atoms with Crippen molar-refractivity contribution in [1.29, 1.82) is 0 Å². The third-order valence-electron chi connectivity index (χ3n) is 3.95. The van der Waals surface area contributed by atoms with Gasteiger partial charge in [0, 0.05) is 17.3 Å². The highest BCUT2D eigenvalue weighted by atomic mass is 16.5. The Morgan fingerprint density at radius 1 is 1.35 bits per heavy atom. The molecule has 0 fully saturated rings. The van der Waals surface area contributed by atoms with Gasteiger partial charge in [0.1, 0.15) is 5.75 Å². The first-order chi connectivity index (χ1) is 9.83. The van der Waals surface area contributed by atoms with Gasteiger partial charge in [0.2, 0.25) is 0 Å². The lowest BCUT2D eigenvalue weighted by Gasteiger charge is -2.23. The second-order valence-corrected chi connectivity index (χ2v) is 5.16. The number of nitrogens with zero attached hydrogens (tertiary/aromatic N) is 2. The van der Waals surface area contributed by atoms with Crippen LogP contribution in [0.1, 0.15) is 37.1 Å². The standard InChI is InChI=1S/C16H21N3O/c1-3-17-15-5-4-6-16-14(15)11-18-19(16)12-7-9-13(20-2)10-8-12/h7-11,15,17H,3-6H2,1-2H3. The van der Waals surface area contributed by atoms with Crippen molar-refractivity contribution in [2.75, 3.05) is 13.7 Å². The zero-order valence-electron chi connectivity index (χ0n) is 12.1. The average molecular weight is 271 g/mol. The van der Waals surface area contributed by atoms with Crippen molar-refractivity contribution in [1.82, 2.24) is 15.1 Å². The average Bonchev–Trinajstić information content (AvgIpc) is 2.93. The van der Waals surface area contributed by atoms with Gasteiger partial charge in [-0.05, 0) is 50.1 Å². The molecule has 1 heterocycles. The second-order valence-electron chi connectivity index (χ2n) is 5.16. The van der Waals surface area contributed by atoms with E-state index in [-0.39, 0.29) is 0 Å². The van der Waals surface area contributed by atoms with E-state index in [1.165, 1.54) is 24.1 Å². The molecule has 1 aromatic heterocycles. The van der Waals surface area contributed by atoms with E-state index in [1.54, 1.807) is 7.11 Å². The number of aromatic nitrogens is 2. The monoisotopic (exact) mass is 271 g/mol. The summed E-state index contributed by atoms with van der Waals surface area (Å²) in [6.45, 7) is 3.15. The Bertz CT molecular complexity index is 574. The predicted molar refractivity (Wildman–Crippen MR) is 79.5 cm³/mol. The van der Waals surface area contributed by atoms with Gasteiger partial charge in [-0.3, -0.25) is 0 Å². The van der Waals surface area contributed by atoms with Gasteiger partial charge in [0.15, 0.2) is 0 Å². The lowest BCUT2D eigenvalue weighted by Crippen LogP contribution is -2.24. The van der Waals surface area contributed by atoms with E-state index < -0.39 is 0 Å². The van der Waals surface area contributed by atoms with Crippen molar-refractivity contribution in [2.45, 2.75) is 32.2 Å². The zero-order valence-corrected chi connectivity index (χ0v) is 12.1. The summed E-state index contributed by atoms with van der Waals surface area (Å²) in [5.74, 6) is 0.875. The number of methoxy groups -OCH3 is 1. The molecule has 2 aromatic rings. The molecule has 1 N–H and O–H groups in total. The van der Waals surface area contributed by atoms with Crippen LogP contribution in [0.2, 0.25) is 0 Å². The molecule has 4 nitrogen and oxygen atoms in total. The summed E-state index contributed by atoms with van der Waals surface area (Å²) in [7, 11) is 1.69. The maximum absolute atomic E-state index is 5.21. The van der Waals surface area contributed by atoms with Crippen molar-refractivity contribution in [3.63, 3.8) is 0 Å². The van der Waals surface area contributed by atoms with Crippen LogP contribution in [-0.4, -0.2) is 23.4 Å². The fourth-order valence-electron chi connectivity index (χ4n) is 2.96. The molecule has 20 heavy (non-hydrogen) atoms. The lowest BCUT2D eigenvalue weighted by molar-refractivity contribution is 0.414. The Hall–Kier alpha value is -1.81. The number of fused-ring (bicyclic) bond motifs is 1. The van der Waals surface area contributed by atoms with Crippen LogP contribution in [0.15, 0.2) is 30.5 Å². The highest BCUT2D eigenvalue weighted by molar-refractivity contribution is 5.40. The number of rotatable bonds is 4. The van der Waals surface area contributed by atoms with Crippen LogP contribution in [0.4, 0.5) is 0 Å². The highest BCUT2D eigenvalue weighted by Crippen LogP contribution is 2.31. The molecule has 4 heteroatoms. The Morgan fingerprint density at radius 2 is 2.15 bits per heavy atom. The third kappa shape index (κ3) is 2.31. The summed E-state index contributed by atoms with van der Waals surface area (Å²) in [5.41, 5.74) is 3.80. The van der Waals surface area contributed by atoms with Crippen LogP contribution in [-0.2, 0) is 6.42 Å². The highest BCUT2D eigenvalue weighted by Gasteiger charge is 2.23. The van der Waals surface area contributed by atoms with Crippen molar-refractivity contribution >= 4 is 0 Å². The fraction of sp³-hybridized carbons (Fsp3) is 0.438. The summed E-state index contributed by atoms with van der Waals surface area (Å²) in [6.07, 6.45) is 5.54. The lowest BCUT2D eigenvalue weighted by atomic mass is 9.93. The van der Waals surface area contributed by atoms with E-state index in [2.05, 4.69) is 34.2 Å². The molecule has 1 aromatic carbocycles. The van der Waals surface area contributed by atoms with Gasteiger partial charge in [-0.15, -0.1) is 0 Å². The molecule has 1 aliphatic rings. The first-order valence-electron chi connectivity index (χ1n) is 7.28. The normalized spacial score (nSPS) is 17.8. The molecule has 0 bridgehead atoms. The number of hydrogen-bond acceptors (Lipinski definition) is 3. The van der Waals surface area contributed by atoms with E-state index >= 15 is 0 Å². The van der Waals surface area contributed by atoms with Crippen LogP contribution in [0.5, 0.6) is 5.75 Å². The molecule has 106 valence electrons. The molecule has 0 aliphatic heterocycles. The fourth-order valence-corrected chi connectivity index (χ4v) is 2.96. The molecule has 0 amide bonds. The molecular formula is C16H21N3O. The van der Waals surface area contributed by atoms with Crippen LogP contribution < -0.4 is 10.1 Å². The minimum absolute atomic E-state index is 0.454. The molecule has 1 unspecified atom stereocenters. The van der Waals surface area contributed by atoms with Crippen molar-refractivity contribution < 1.29 is 4.74 Å². The smallest absolute Gasteiger partial charge is 0.119 e. The molecular weight excluding hydrogens is 250 g/mol. The Morgan fingerprint density at radius 3 is 2.85 bits per heavy atom. The van der Waals surface area contributed by atoms with E-state index in [4.69, 9.17) is 4.74 Å². The van der Waals surface area contributed by atoms with Crippen molar-refractivity contribution in [3.8, 4) is 11.4 Å². The van der Waals surface area contributed by atoms with Gasteiger partial charge < -0.3 is 10.1 Å². The van der Waals surface area contributed by atoms with Gasteiger partial charge in [0.25, 0.3) is 0 Å². The van der Waals surface area contributed by atoms with Crippen LogP contribution >= 0.6 is 0 Å². The van der Waals surface area contributed by atoms with Gasteiger partial charge >= 0.3 is 0 Å². The zero-order chi connectivity index (χ0) is 13.9. The topological polar surface area (TPSA) is 39.1 Å². The Balaban J connectivity index is 1.94. The molecule has 3 rings (SSSR count). The molecule has 1 atom stereocenters. The quantitative estimate of drug-likeness (QED) is 0.929. The first-order valence-corrected chi connectivity index (χ1v) is 7.28. The number of ether oxygens (including phenoxy) is 1. The molecule has 0 saturated carbocycles. The predicted octanol–water partition coefficient (Wildman–Crippen LogP) is 2.87. The number of benzene rings is 1. The van der Waals surface area contributed by atoms with E-state index in [1.807, 2.05) is 18.3 Å². The maximum Gasteiger partial charge on any atom is 0.119 e. The molecule has 0 saturated heterocycles. The van der Waals surface area contributed by atoms with Gasteiger partial charge in [-0.1, -0.05) is 6.92 Å². The van der Waals surface area contributed by atoms with Crippen LogP contribution in [0.25, 0.3) is 5.69 Å². The van der Waals surface area contributed by atoms with Crippen LogP contribution in [0.3, 0.4) is 0 Å². The minimum Gasteiger partial charge on any atom is -0.497 e.